The summed E-state index contributed by atoms with van der Waals surface area (Å²) in [6.07, 6.45) is 7.13. The predicted molar refractivity (Wildman–Crippen MR) is 100 cm³/mol. The molecule has 4 rings (SSSR count). The Morgan fingerprint density at radius 1 is 1.31 bits per heavy atom. The van der Waals surface area contributed by atoms with Crippen LogP contribution in [0.15, 0.2) is 47.4 Å². The highest BCUT2D eigenvalue weighted by Gasteiger charge is 2.26. The van der Waals surface area contributed by atoms with Crippen LogP contribution in [0, 0.1) is 11.7 Å². The SMILES string of the molecule is O=C(COc1ccccc1F)N1CCC[C@H](Cc2nc(-c3cnccn3)no2)C1. The minimum absolute atomic E-state index is 0.0804. The van der Waals surface area contributed by atoms with E-state index in [1.165, 1.54) is 12.1 Å². The van der Waals surface area contributed by atoms with Crippen molar-refractivity contribution in [3.8, 4) is 17.3 Å². The Morgan fingerprint density at radius 2 is 2.21 bits per heavy atom. The highest BCUT2D eigenvalue weighted by Crippen LogP contribution is 2.22. The summed E-state index contributed by atoms with van der Waals surface area (Å²) in [6, 6.07) is 6.05. The van der Waals surface area contributed by atoms with Gasteiger partial charge < -0.3 is 14.2 Å². The Labute approximate surface area is 166 Å². The lowest BCUT2D eigenvalue weighted by molar-refractivity contribution is -0.135. The first-order chi connectivity index (χ1) is 14.2. The van der Waals surface area contributed by atoms with Crippen LogP contribution in [0.3, 0.4) is 0 Å². The molecule has 0 aliphatic carbocycles. The maximum atomic E-state index is 13.6. The number of likely N-dealkylation sites (tertiary alicyclic amines) is 1. The van der Waals surface area contributed by atoms with Gasteiger partial charge in [-0.05, 0) is 30.9 Å². The maximum Gasteiger partial charge on any atom is 0.260 e. The van der Waals surface area contributed by atoms with Crippen LogP contribution >= 0.6 is 0 Å². The van der Waals surface area contributed by atoms with Crippen LogP contribution in [-0.2, 0) is 11.2 Å². The average Bonchev–Trinajstić information content (AvgIpc) is 3.22. The molecule has 1 fully saturated rings. The number of amides is 1. The molecule has 1 atom stereocenters. The average molecular weight is 397 g/mol. The van der Waals surface area contributed by atoms with Crippen LogP contribution < -0.4 is 4.74 Å². The van der Waals surface area contributed by atoms with Crippen LogP contribution in [0.5, 0.6) is 5.75 Å². The molecule has 2 aromatic heterocycles. The van der Waals surface area contributed by atoms with E-state index in [-0.39, 0.29) is 24.2 Å². The molecule has 0 saturated carbocycles. The van der Waals surface area contributed by atoms with Gasteiger partial charge in [-0.1, -0.05) is 17.3 Å². The van der Waals surface area contributed by atoms with Crippen LogP contribution in [0.4, 0.5) is 4.39 Å². The van der Waals surface area contributed by atoms with Crippen molar-refractivity contribution in [1.82, 2.24) is 25.0 Å². The minimum Gasteiger partial charge on any atom is -0.481 e. The normalized spacial score (nSPS) is 16.6. The Morgan fingerprint density at radius 3 is 3.03 bits per heavy atom. The number of carbonyl (C=O) groups is 1. The van der Waals surface area contributed by atoms with Crippen molar-refractivity contribution in [2.75, 3.05) is 19.7 Å². The van der Waals surface area contributed by atoms with Gasteiger partial charge in [-0.3, -0.25) is 9.78 Å². The fourth-order valence-corrected chi connectivity index (χ4v) is 3.35. The van der Waals surface area contributed by atoms with Gasteiger partial charge in [0.15, 0.2) is 18.2 Å². The predicted octanol–water partition coefficient (Wildman–Crippen LogP) is 2.53. The van der Waals surface area contributed by atoms with Crippen molar-refractivity contribution in [1.29, 1.82) is 0 Å². The third kappa shape index (κ3) is 4.74. The second kappa shape index (κ2) is 8.76. The molecule has 0 unspecified atom stereocenters. The highest BCUT2D eigenvalue weighted by atomic mass is 19.1. The summed E-state index contributed by atoms with van der Waals surface area (Å²) >= 11 is 0. The molecule has 9 heteroatoms. The number of carbonyl (C=O) groups excluding carboxylic acids is 1. The van der Waals surface area contributed by atoms with Crippen LogP contribution in [0.1, 0.15) is 18.7 Å². The van der Waals surface area contributed by atoms with Gasteiger partial charge in [0.25, 0.3) is 5.91 Å². The van der Waals surface area contributed by atoms with Crippen molar-refractivity contribution < 1.29 is 18.4 Å². The lowest BCUT2D eigenvalue weighted by Crippen LogP contribution is -2.42. The third-order valence-corrected chi connectivity index (χ3v) is 4.78. The van der Waals surface area contributed by atoms with Gasteiger partial charge in [0.05, 0.1) is 6.20 Å². The van der Waals surface area contributed by atoms with Gasteiger partial charge in [-0.25, -0.2) is 9.37 Å². The summed E-state index contributed by atoms with van der Waals surface area (Å²) in [7, 11) is 0. The van der Waals surface area contributed by atoms with Gasteiger partial charge in [-0.15, -0.1) is 0 Å². The van der Waals surface area contributed by atoms with Gasteiger partial charge >= 0.3 is 0 Å². The standard InChI is InChI=1S/C20H20FN5O3/c21-15-5-1-2-6-17(15)28-13-19(27)26-9-3-4-14(12-26)10-18-24-20(25-29-18)16-11-22-7-8-23-16/h1-2,5-8,11,14H,3-4,9-10,12-13H2/t14-/m1/s1. The molecule has 3 heterocycles. The molecule has 29 heavy (non-hydrogen) atoms. The number of halogens is 1. The Kier molecular flexibility index (Phi) is 5.73. The molecular formula is C20H20FN5O3. The van der Waals surface area contributed by atoms with Crippen LogP contribution in [0.2, 0.25) is 0 Å². The number of nitrogens with zero attached hydrogens (tertiary/aromatic N) is 5. The topological polar surface area (TPSA) is 94.2 Å². The second-order valence-electron chi connectivity index (χ2n) is 6.87. The van der Waals surface area contributed by atoms with Gasteiger partial charge in [0, 0.05) is 31.9 Å². The largest absolute Gasteiger partial charge is 0.481 e. The molecule has 1 amide bonds. The molecule has 8 nitrogen and oxygen atoms in total. The number of benzene rings is 1. The van der Waals surface area contributed by atoms with E-state index in [0.29, 0.717) is 36.9 Å². The zero-order valence-corrected chi connectivity index (χ0v) is 15.7. The number of ether oxygens (including phenoxy) is 1. The van der Waals surface area contributed by atoms with E-state index in [9.17, 15) is 9.18 Å². The summed E-state index contributed by atoms with van der Waals surface area (Å²) in [6.45, 7) is 1.04. The molecule has 1 aromatic carbocycles. The fourth-order valence-electron chi connectivity index (χ4n) is 3.35. The van der Waals surface area contributed by atoms with Crippen molar-refractivity contribution in [2.24, 2.45) is 5.92 Å². The summed E-state index contributed by atoms with van der Waals surface area (Å²) in [5.74, 6) is 0.548. The zero-order valence-electron chi connectivity index (χ0n) is 15.7. The van der Waals surface area contributed by atoms with Gasteiger partial charge in [0.1, 0.15) is 5.69 Å². The lowest BCUT2D eigenvalue weighted by atomic mass is 9.95. The van der Waals surface area contributed by atoms with Crippen molar-refractivity contribution in [2.45, 2.75) is 19.3 Å². The summed E-state index contributed by atoms with van der Waals surface area (Å²) < 4.78 is 24.3. The number of para-hydroxylation sites is 1. The monoisotopic (exact) mass is 397 g/mol. The highest BCUT2D eigenvalue weighted by molar-refractivity contribution is 5.77. The molecule has 150 valence electrons. The first-order valence-corrected chi connectivity index (χ1v) is 9.43. The molecule has 0 spiro atoms. The van der Waals surface area contributed by atoms with E-state index in [4.69, 9.17) is 9.26 Å². The summed E-state index contributed by atoms with van der Waals surface area (Å²) in [5.41, 5.74) is 0.549. The first kappa shape index (κ1) is 19.0. The smallest absolute Gasteiger partial charge is 0.260 e. The van der Waals surface area contributed by atoms with Crippen LogP contribution in [-0.4, -0.2) is 50.6 Å². The molecule has 0 bridgehead atoms. The molecule has 1 aliphatic rings. The Balaban J connectivity index is 1.32. The van der Waals surface area contributed by atoms with Gasteiger partial charge in [0.2, 0.25) is 11.7 Å². The van der Waals surface area contributed by atoms with E-state index >= 15 is 0 Å². The minimum atomic E-state index is -0.480. The Hall–Kier alpha value is -3.36. The Bertz CT molecular complexity index is 966. The quantitative estimate of drug-likeness (QED) is 0.631. The number of rotatable bonds is 6. The van der Waals surface area contributed by atoms with Crippen molar-refractivity contribution in [3.63, 3.8) is 0 Å². The molecule has 0 N–H and O–H groups in total. The van der Waals surface area contributed by atoms with Gasteiger partial charge in [-0.2, -0.15) is 4.98 Å². The first-order valence-electron chi connectivity index (χ1n) is 9.43. The number of hydrogen-bond acceptors (Lipinski definition) is 7. The van der Waals surface area contributed by atoms with E-state index in [0.717, 1.165) is 12.8 Å². The molecule has 3 aromatic rings. The summed E-state index contributed by atoms with van der Waals surface area (Å²) in [5, 5.41) is 3.95. The fraction of sp³-hybridized carbons (Fsp3) is 0.350. The molecule has 1 saturated heterocycles. The molecule has 0 radical (unpaired) electrons. The third-order valence-electron chi connectivity index (χ3n) is 4.78. The van der Waals surface area contributed by atoms with E-state index in [1.54, 1.807) is 35.6 Å². The van der Waals surface area contributed by atoms with Crippen molar-refractivity contribution >= 4 is 5.91 Å². The van der Waals surface area contributed by atoms with Crippen LogP contribution in [0.25, 0.3) is 11.5 Å². The molecular weight excluding hydrogens is 377 g/mol. The van der Waals surface area contributed by atoms with E-state index < -0.39 is 5.82 Å². The summed E-state index contributed by atoms with van der Waals surface area (Å²) in [4.78, 5) is 26.8. The number of piperidine rings is 1. The van der Waals surface area contributed by atoms with E-state index in [2.05, 4.69) is 20.1 Å². The maximum absolute atomic E-state index is 13.6. The number of hydrogen-bond donors (Lipinski definition) is 0. The zero-order chi connectivity index (χ0) is 20.1. The number of aromatic nitrogens is 4. The second-order valence-corrected chi connectivity index (χ2v) is 6.87. The molecule has 1 aliphatic heterocycles. The lowest BCUT2D eigenvalue weighted by Gasteiger charge is -2.32. The van der Waals surface area contributed by atoms with E-state index in [1.807, 2.05) is 0 Å². The van der Waals surface area contributed by atoms with Crippen molar-refractivity contribution in [3.05, 3.63) is 54.6 Å².